The standard InChI is InChI=1S/C17H14BrCl2NO/c1-17(13-6-14(19)8-15(20)7-13)9-16(21-22-17)12-4-2-11(10-18)3-5-12/h2-8H,9-10H2,1H3. The van der Waals surface area contributed by atoms with Gasteiger partial charge in [-0.2, -0.15) is 0 Å². The molecule has 1 atom stereocenters. The maximum Gasteiger partial charge on any atom is 0.165 e. The van der Waals surface area contributed by atoms with E-state index in [1.54, 1.807) is 6.07 Å². The van der Waals surface area contributed by atoms with Crippen LogP contribution in [0.2, 0.25) is 10.0 Å². The van der Waals surface area contributed by atoms with E-state index in [9.17, 15) is 0 Å². The molecule has 2 aromatic rings. The van der Waals surface area contributed by atoms with Gasteiger partial charge in [0.15, 0.2) is 5.60 Å². The van der Waals surface area contributed by atoms with Crippen molar-refractivity contribution in [2.75, 3.05) is 0 Å². The Morgan fingerprint density at radius 3 is 2.36 bits per heavy atom. The number of hydrogen-bond donors (Lipinski definition) is 0. The van der Waals surface area contributed by atoms with Gasteiger partial charge in [0.2, 0.25) is 0 Å². The van der Waals surface area contributed by atoms with Gasteiger partial charge in [0.25, 0.3) is 0 Å². The first-order chi connectivity index (χ1) is 10.5. The van der Waals surface area contributed by atoms with Gasteiger partial charge in [-0.05, 0) is 36.2 Å². The lowest BCUT2D eigenvalue weighted by Crippen LogP contribution is -2.22. The van der Waals surface area contributed by atoms with Crippen molar-refractivity contribution < 1.29 is 4.84 Å². The summed E-state index contributed by atoms with van der Waals surface area (Å²) in [4.78, 5) is 5.72. The predicted molar refractivity (Wildman–Crippen MR) is 95.1 cm³/mol. The van der Waals surface area contributed by atoms with E-state index < -0.39 is 5.60 Å². The Labute approximate surface area is 148 Å². The molecule has 0 saturated carbocycles. The second-order valence-electron chi connectivity index (χ2n) is 5.53. The number of nitrogens with zero attached hydrogens (tertiary/aromatic N) is 1. The summed E-state index contributed by atoms with van der Waals surface area (Å²) in [7, 11) is 0. The van der Waals surface area contributed by atoms with Crippen LogP contribution in [0, 0.1) is 0 Å². The highest BCUT2D eigenvalue weighted by Gasteiger charge is 2.37. The predicted octanol–water partition coefficient (Wildman–Crippen LogP) is 5.93. The maximum atomic E-state index is 6.10. The molecule has 1 aliphatic rings. The van der Waals surface area contributed by atoms with Gasteiger partial charge in [0.05, 0.1) is 5.71 Å². The third-order valence-corrected chi connectivity index (χ3v) is 4.86. The second kappa shape index (κ2) is 6.23. The molecule has 5 heteroatoms. The summed E-state index contributed by atoms with van der Waals surface area (Å²) in [5.41, 5.74) is 3.62. The molecule has 1 unspecified atom stereocenters. The molecule has 0 radical (unpaired) electrons. The third-order valence-electron chi connectivity index (χ3n) is 3.78. The van der Waals surface area contributed by atoms with E-state index in [4.69, 9.17) is 28.0 Å². The molecule has 0 fully saturated rings. The van der Waals surface area contributed by atoms with Crippen LogP contribution in [0.5, 0.6) is 0 Å². The number of hydrogen-bond acceptors (Lipinski definition) is 2. The average Bonchev–Trinajstić information content (AvgIpc) is 2.90. The zero-order chi connectivity index (χ0) is 15.7. The number of rotatable bonds is 3. The summed E-state index contributed by atoms with van der Waals surface area (Å²) >= 11 is 15.6. The summed E-state index contributed by atoms with van der Waals surface area (Å²) < 4.78 is 0. The minimum Gasteiger partial charge on any atom is -0.384 e. The first-order valence-corrected chi connectivity index (χ1v) is 8.75. The molecule has 0 spiro atoms. The molecule has 0 N–H and O–H groups in total. The molecular formula is C17H14BrCl2NO. The van der Waals surface area contributed by atoms with Crippen LogP contribution in [0.15, 0.2) is 47.6 Å². The van der Waals surface area contributed by atoms with E-state index in [0.717, 1.165) is 22.2 Å². The number of alkyl halides is 1. The summed E-state index contributed by atoms with van der Waals surface area (Å²) in [5, 5.41) is 6.31. The highest BCUT2D eigenvalue weighted by molar-refractivity contribution is 9.08. The topological polar surface area (TPSA) is 21.6 Å². The van der Waals surface area contributed by atoms with Crippen LogP contribution in [0.3, 0.4) is 0 Å². The van der Waals surface area contributed by atoms with Crippen molar-refractivity contribution in [3.05, 3.63) is 69.2 Å². The Morgan fingerprint density at radius 1 is 1.14 bits per heavy atom. The summed E-state index contributed by atoms with van der Waals surface area (Å²) in [6.07, 6.45) is 0.678. The lowest BCUT2D eigenvalue weighted by molar-refractivity contribution is -0.00737. The molecule has 2 aromatic carbocycles. The van der Waals surface area contributed by atoms with Crippen molar-refractivity contribution >= 4 is 44.8 Å². The Hall–Kier alpha value is -1.03. The average molecular weight is 399 g/mol. The van der Waals surface area contributed by atoms with Gasteiger partial charge < -0.3 is 4.84 Å². The van der Waals surface area contributed by atoms with E-state index in [2.05, 4.69) is 45.4 Å². The van der Waals surface area contributed by atoms with Crippen molar-refractivity contribution in [3.8, 4) is 0 Å². The first-order valence-electron chi connectivity index (χ1n) is 6.87. The molecule has 0 aliphatic carbocycles. The maximum absolute atomic E-state index is 6.10. The van der Waals surface area contributed by atoms with Crippen molar-refractivity contribution in [1.82, 2.24) is 0 Å². The van der Waals surface area contributed by atoms with Gasteiger partial charge in [0, 0.05) is 27.4 Å². The Morgan fingerprint density at radius 2 is 1.77 bits per heavy atom. The fourth-order valence-electron chi connectivity index (χ4n) is 2.49. The highest BCUT2D eigenvalue weighted by Crippen LogP contribution is 2.38. The van der Waals surface area contributed by atoms with Crippen molar-refractivity contribution in [2.24, 2.45) is 5.16 Å². The molecule has 22 heavy (non-hydrogen) atoms. The summed E-state index contributed by atoms with van der Waals surface area (Å²) in [6, 6.07) is 13.8. The van der Waals surface area contributed by atoms with Crippen molar-refractivity contribution in [1.29, 1.82) is 0 Å². The first kappa shape index (κ1) is 15.9. The molecule has 0 amide bonds. The molecule has 1 aliphatic heterocycles. The van der Waals surface area contributed by atoms with Gasteiger partial charge in [-0.1, -0.05) is 68.6 Å². The molecule has 2 nitrogen and oxygen atoms in total. The lowest BCUT2D eigenvalue weighted by Gasteiger charge is -2.22. The quantitative estimate of drug-likeness (QED) is 0.587. The normalized spacial score (nSPS) is 20.6. The van der Waals surface area contributed by atoms with E-state index >= 15 is 0 Å². The molecule has 3 rings (SSSR count). The lowest BCUT2D eigenvalue weighted by atomic mass is 9.89. The zero-order valence-corrected chi connectivity index (χ0v) is 15.0. The molecule has 1 heterocycles. The zero-order valence-electron chi connectivity index (χ0n) is 11.9. The van der Waals surface area contributed by atoms with Gasteiger partial charge in [-0.15, -0.1) is 0 Å². The fourth-order valence-corrected chi connectivity index (χ4v) is 3.39. The van der Waals surface area contributed by atoms with Crippen molar-refractivity contribution in [3.63, 3.8) is 0 Å². The van der Waals surface area contributed by atoms with Crippen LogP contribution in [-0.2, 0) is 15.8 Å². The van der Waals surface area contributed by atoms with E-state index in [-0.39, 0.29) is 0 Å². The van der Waals surface area contributed by atoms with Crippen LogP contribution < -0.4 is 0 Å². The molecular weight excluding hydrogens is 385 g/mol. The Balaban J connectivity index is 1.85. The largest absolute Gasteiger partial charge is 0.384 e. The SMILES string of the molecule is CC1(c2cc(Cl)cc(Cl)c2)CC(c2ccc(CBr)cc2)=NO1. The minimum absolute atomic E-state index is 0.544. The molecule has 0 aromatic heterocycles. The smallest absolute Gasteiger partial charge is 0.165 e. The number of oxime groups is 1. The second-order valence-corrected chi connectivity index (χ2v) is 6.96. The highest BCUT2D eigenvalue weighted by atomic mass is 79.9. The molecule has 114 valence electrons. The van der Waals surface area contributed by atoms with Gasteiger partial charge >= 0.3 is 0 Å². The van der Waals surface area contributed by atoms with E-state index in [1.807, 2.05) is 19.1 Å². The molecule has 0 bridgehead atoms. The summed E-state index contributed by atoms with van der Waals surface area (Å²) in [5.74, 6) is 0. The number of halogens is 3. The van der Waals surface area contributed by atoms with Crippen LogP contribution in [0.25, 0.3) is 0 Å². The van der Waals surface area contributed by atoms with Crippen LogP contribution in [-0.4, -0.2) is 5.71 Å². The Bertz CT molecular complexity index is 710. The van der Waals surface area contributed by atoms with E-state index in [1.165, 1.54) is 5.56 Å². The Kier molecular flexibility index (Phi) is 4.49. The fraction of sp³-hybridized carbons (Fsp3) is 0.235. The third kappa shape index (κ3) is 3.17. The van der Waals surface area contributed by atoms with Gasteiger partial charge in [0.1, 0.15) is 0 Å². The van der Waals surface area contributed by atoms with Gasteiger partial charge in [-0.25, -0.2) is 0 Å². The van der Waals surface area contributed by atoms with Gasteiger partial charge in [-0.3, -0.25) is 0 Å². The number of benzene rings is 2. The van der Waals surface area contributed by atoms with Crippen LogP contribution in [0.4, 0.5) is 0 Å². The monoisotopic (exact) mass is 397 g/mol. The minimum atomic E-state index is -0.544. The molecule has 0 saturated heterocycles. The van der Waals surface area contributed by atoms with Crippen LogP contribution >= 0.6 is 39.1 Å². The van der Waals surface area contributed by atoms with Crippen molar-refractivity contribution in [2.45, 2.75) is 24.3 Å². The van der Waals surface area contributed by atoms with E-state index in [0.29, 0.717) is 16.5 Å². The summed E-state index contributed by atoms with van der Waals surface area (Å²) in [6.45, 7) is 2.00. The van der Waals surface area contributed by atoms with Crippen LogP contribution in [0.1, 0.15) is 30.0 Å².